The quantitative estimate of drug-likeness (QED) is 0.220. The normalized spacial score (nSPS) is 23.7. The van der Waals surface area contributed by atoms with E-state index in [1.807, 2.05) is 45.1 Å². The monoisotopic (exact) mass is 667 g/mol. The molecule has 5 heterocycles. The van der Waals surface area contributed by atoms with Crippen LogP contribution in [0.5, 0.6) is 0 Å². The molecule has 46 heavy (non-hydrogen) atoms. The van der Waals surface area contributed by atoms with E-state index in [2.05, 4.69) is 20.4 Å². The van der Waals surface area contributed by atoms with Crippen LogP contribution < -0.4 is 25.7 Å². The first-order valence-corrected chi connectivity index (χ1v) is 15.2. The molecule has 3 aromatic heterocycles. The summed E-state index contributed by atoms with van der Waals surface area (Å²) < 4.78 is 10.1. The molecule has 9 nitrogen and oxygen atoms in total. The molecular weight excluding hydrogens is 632 g/mol. The molecule has 1 fully saturated rings. The predicted molar refractivity (Wildman–Crippen MR) is 171 cm³/mol. The van der Waals surface area contributed by atoms with Crippen molar-refractivity contribution < 1.29 is 40.9 Å². The zero-order valence-corrected chi connectivity index (χ0v) is 27.9. The summed E-state index contributed by atoms with van der Waals surface area (Å²) in [6, 6.07) is 0. The molecule has 6 rings (SSSR count). The van der Waals surface area contributed by atoms with Crippen LogP contribution in [-0.4, -0.2) is 31.9 Å². The van der Waals surface area contributed by atoms with Crippen molar-refractivity contribution in [2.75, 3.05) is 14.2 Å². The van der Waals surface area contributed by atoms with E-state index in [1.54, 1.807) is 0 Å². The van der Waals surface area contributed by atoms with Crippen molar-refractivity contribution in [1.82, 2.24) is 15.0 Å². The zero-order chi connectivity index (χ0) is 32.3. The summed E-state index contributed by atoms with van der Waals surface area (Å²) in [6.45, 7) is 14.1. The van der Waals surface area contributed by atoms with Gasteiger partial charge in [0.05, 0.1) is 14.2 Å². The SMILES string of the molecule is C=Cc1c2[n-]c(c1C)/C=C1\[N-]/C(=C3\c4[n-]c(c(C)c4C(=O)C3C(=O)OC)/C=c3\[n-]/c(c(C)c3CC)=C\2)C(CCC(=O)OC)C1C.[Cu]. The predicted octanol–water partition coefficient (Wildman–Crippen LogP) is 3.99. The van der Waals surface area contributed by atoms with Crippen LogP contribution in [0.1, 0.15) is 87.6 Å². The molecule has 3 aliphatic rings. The van der Waals surface area contributed by atoms with Gasteiger partial charge in [0.25, 0.3) is 0 Å². The van der Waals surface area contributed by atoms with Gasteiger partial charge in [0.1, 0.15) is 5.92 Å². The van der Waals surface area contributed by atoms with E-state index in [9.17, 15) is 14.4 Å². The van der Waals surface area contributed by atoms with Crippen LogP contribution in [0.25, 0.3) is 35.2 Å². The van der Waals surface area contributed by atoms with Crippen LogP contribution in [0.4, 0.5) is 0 Å². The average molecular weight is 668 g/mol. The van der Waals surface area contributed by atoms with Crippen LogP contribution in [0, 0.1) is 38.5 Å². The molecule has 1 saturated heterocycles. The number of allylic oxidation sites excluding steroid dienone is 2. The number of nitrogens with zero attached hydrogens (tertiary/aromatic N) is 4. The van der Waals surface area contributed by atoms with E-state index < -0.39 is 11.9 Å². The minimum atomic E-state index is -1.20. The summed E-state index contributed by atoms with van der Waals surface area (Å²) in [5.74, 6) is -3.01. The molecular formula is C36H36CuN4O5-4. The van der Waals surface area contributed by atoms with Gasteiger partial charge < -0.3 is 29.7 Å². The van der Waals surface area contributed by atoms with Crippen molar-refractivity contribution in [2.24, 2.45) is 17.8 Å². The van der Waals surface area contributed by atoms with Gasteiger partial charge in [0.2, 0.25) is 0 Å². The number of carbonyl (C=O) groups is 3. The molecule has 0 N–H and O–H groups in total. The molecule has 2 aliphatic heterocycles. The molecule has 0 aromatic carbocycles. The number of aromatic nitrogens is 3. The van der Waals surface area contributed by atoms with Gasteiger partial charge in [-0.25, -0.2) is 0 Å². The van der Waals surface area contributed by atoms with Crippen LogP contribution in [0.2, 0.25) is 0 Å². The summed E-state index contributed by atoms with van der Waals surface area (Å²) in [5, 5.41) is 6.70. The maximum absolute atomic E-state index is 14.0. The summed E-state index contributed by atoms with van der Waals surface area (Å²) in [5.41, 5.74) is 9.40. The number of hydrogen-bond acceptors (Lipinski definition) is 5. The minimum Gasteiger partial charge on any atom is -0.664 e. The van der Waals surface area contributed by atoms with Gasteiger partial charge in [-0.3, -0.25) is 14.4 Å². The fourth-order valence-corrected chi connectivity index (χ4v) is 7.02. The van der Waals surface area contributed by atoms with E-state index in [0.717, 1.165) is 56.5 Å². The number of carbonyl (C=O) groups excluding carboxylic acids is 3. The molecule has 0 amide bonds. The Morgan fingerprint density at radius 2 is 1.63 bits per heavy atom. The third kappa shape index (κ3) is 5.04. The first kappa shape index (κ1) is 33.1. The van der Waals surface area contributed by atoms with Gasteiger partial charge in [-0.05, 0) is 51.0 Å². The van der Waals surface area contributed by atoms with Crippen molar-refractivity contribution >= 4 is 47.6 Å². The summed E-state index contributed by atoms with van der Waals surface area (Å²) in [6.07, 6.45) is 9.00. The Hall–Kier alpha value is -4.27. The molecule has 0 saturated carbocycles. The van der Waals surface area contributed by atoms with Gasteiger partial charge in [-0.2, -0.15) is 11.4 Å². The van der Waals surface area contributed by atoms with E-state index in [4.69, 9.17) is 29.7 Å². The fourth-order valence-electron chi connectivity index (χ4n) is 7.02. The third-order valence-electron chi connectivity index (χ3n) is 9.63. The molecule has 0 spiro atoms. The molecule has 8 bridgehead atoms. The molecule has 3 aromatic rings. The second-order valence-corrected chi connectivity index (χ2v) is 11.9. The number of ketones is 1. The van der Waals surface area contributed by atoms with Gasteiger partial charge in [-0.1, -0.05) is 72.6 Å². The molecule has 1 radical (unpaired) electrons. The molecule has 3 atom stereocenters. The number of methoxy groups -OCH3 is 2. The first-order chi connectivity index (χ1) is 21.5. The number of esters is 2. The maximum Gasteiger partial charge on any atom is 0.321 e. The van der Waals surface area contributed by atoms with E-state index in [1.165, 1.54) is 14.2 Å². The Balaban J connectivity index is 0.00000417. The second-order valence-electron chi connectivity index (χ2n) is 11.9. The van der Waals surface area contributed by atoms with Crippen LogP contribution >= 0.6 is 0 Å². The maximum atomic E-state index is 14.0. The topological polar surface area (TPSA) is 126 Å². The standard InChI is InChI=1S/C36H37N4O5.Cu/c1-9-20-16(3)23-13-25-18(5)22(11-12-29(41)44-7)33(39-25)31-32(36(43)45-8)35(42)30-19(6)26(40-34(30)31)15-28-21(10-2)17(4)24(38-28)14-27(20)37-23;/h9,13-15,18,22,32H,1,10-12H2,2-8H3,(H-,39,40,42);/q-3;/p-1/b24-14-,25-13-,28-15-;. The number of rotatable bonds is 6. The molecule has 3 unspecified atom stereocenters. The minimum absolute atomic E-state index is 0. The fraction of sp³-hybridized carbons (Fsp3) is 0.361. The Bertz CT molecular complexity index is 1990. The summed E-state index contributed by atoms with van der Waals surface area (Å²) >= 11 is 0. The summed E-state index contributed by atoms with van der Waals surface area (Å²) in [7, 11) is 2.63. The number of fused-ring (bicyclic) bond motifs is 7. The average Bonchev–Trinajstić information content (AvgIpc) is 3.76. The number of ether oxygens (including phenoxy) is 2. The number of Topliss-reactive ketones (excluding diaryl/α,β-unsaturated/α-hetero) is 1. The zero-order valence-electron chi connectivity index (χ0n) is 27.0. The molecule has 1 aliphatic carbocycles. The molecule has 10 heteroatoms. The van der Waals surface area contributed by atoms with Crippen molar-refractivity contribution in [3.05, 3.63) is 90.1 Å². The third-order valence-corrected chi connectivity index (χ3v) is 9.63. The molecule has 245 valence electrons. The van der Waals surface area contributed by atoms with Gasteiger partial charge in [-0.15, -0.1) is 33.5 Å². The van der Waals surface area contributed by atoms with Crippen LogP contribution in [0.15, 0.2) is 18.0 Å². The summed E-state index contributed by atoms with van der Waals surface area (Å²) in [4.78, 5) is 54.6. The Morgan fingerprint density at radius 1 is 0.935 bits per heavy atom. The Labute approximate surface area is 278 Å². The van der Waals surface area contributed by atoms with Crippen LogP contribution in [-0.2, 0) is 42.6 Å². The van der Waals surface area contributed by atoms with Gasteiger partial charge >= 0.3 is 11.9 Å². The van der Waals surface area contributed by atoms with Gasteiger partial charge in [0.15, 0.2) is 5.78 Å². The van der Waals surface area contributed by atoms with Crippen molar-refractivity contribution in [2.45, 2.75) is 53.9 Å². The van der Waals surface area contributed by atoms with E-state index in [-0.39, 0.29) is 47.1 Å². The van der Waals surface area contributed by atoms with Crippen molar-refractivity contribution in [3.63, 3.8) is 0 Å². The van der Waals surface area contributed by atoms with Crippen molar-refractivity contribution in [1.29, 1.82) is 0 Å². The van der Waals surface area contributed by atoms with Gasteiger partial charge in [0, 0.05) is 29.1 Å². The van der Waals surface area contributed by atoms with E-state index >= 15 is 0 Å². The van der Waals surface area contributed by atoms with Crippen molar-refractivity contribution in [3.8, 4) is 0 Å². The second kappa shape index (κ2) is 12.5. The Kier molecular flexibility index (Phi) is 8.99. The first-order valence-electron chi connectivity index (χ1n) is 15.2. The smallest absolute Gasteiger partial charge is 0.321 e. The van der Waals surface area contributed by atoms with E-state index in [0.29, 0.717) is 40.2 Å². The Morgan fingerprint density at radius 3 is 2.28 bits per heavy atom. The van der Waals surface area contributed by atoms with Crippen LogP contribution in [0.3, 0.4) is 0 Å². The largest absolute Gasteiger partial charge is 0.664 e. The number of hydrogen-bond donors (Lipinski definition) is 0.